The van der Waals surface area contributed by atoms with Crippen molar-refractivity contribution in [3.63, 3.8) is 0 Å². The molecule has 0 aliphatic heterocycles. The molecule has 0 fully saturated rings. The fraction of sp³-hybridized carbons (Fsp3) is 0.333. The average Bonchev–Trinajstić information content (AvgIpc) is 2.59. The Bertz CT molecular complexity index is 742. The van der Waals surface area contributed by atoms with Crippen LogP contribution in [0.25, 0.3) is 0 Å². The van der Waals surface area contributed by atoms with Crippen molar-refractivity contribution >= 4 is 11.8 Å². The Morgan fingerprint density at radius 2 is 1.68 bits per heavy atom. The molecule has 25 heavy (non-hydrogen) atoms. The average molecular weight is 340 g/mol. The van der Waals surface area contributed by atoms with Crippen LogP contribution >= 0.6 is 0 Å². The van der Waals surface area contributed by atoms with Crippen LogP contribution < -0.4 is 4.74 Å². The summed E-state index contributed by atoms with van der Waals surface area (Å²) in [6.07, 6.45) is 0. The molecule has 0 aliphatic carbocycles. The van der Waals surface area contributed by atoms with Gasteiger partial charge in [0.15, 0.2) is 0 Å². The first kappa shape index (κ1) is 18.7. The predicted molar refractivity (Wildman–Crippen MR) is 96.9 cm³/mol. The van der Waals surface area contributed by atoms with Gasteiger partial charge in [0.2, 0.25) is 0 Å². The molecule has 0 saturated carbocycles. The smallest absolute Gasteiger partial charge is 0.379 e. The number of benzene rings is 2. The summed E-state index contributed by atoms with van der Waals surface area (Å²) in [5.41, 5.74) is 2.01. The van der Waals surface area contributed by atoms with E-state index in [9.17, 15) is 9.59 Å². The van der Waals surface area contributed by atoms with Crippen molar-refractivity contribution in [3.05, 3.63) is 65.2 Å². The molecule has 0 amide bonds. The van der Waals surface area contributed by atoms with Gasteiger partial charge in [-0.2, -0.15) is 0 Å². The second kappa shape index (κ2) is 7.97. The monoisotopic (exact) mass is 340 g/mol. The van der Waals surface area contributed by atoms with E-state index in [0.717, 1.165) is 11.1 Å². The van der Waals surface area contributed by atoms with Crippen LogP contribution in [-0.2, 0) is 21.6 Å². The topological polar surface area (TPSA) is 52.6 Å². The Balaban J connectivity index is 2.28. The molecule has 2 aromatic carbocycles. The van der Waals surface area contributed by atoms with Crippen molar-refractivity contribution in [3.8, 4) is 5.75 Å². The van der Waals surface area contributed by atoms with Gasteiger partial charge >= 0.3 is 5.97 Å². The lowest BCUT2D eigenvalue weighted by atomic mass is 9.85. The Morgan fingerprint density at radius 1 is 1.00 bits per heavy atom. The van der Waals surface area contributed by atoms with E-state index in [2.05, 4.69) is 0 Å². The molecule has 0 N–H and O–H groups in total. The summed E-state index contributed by atoms with van der Waals surface area (Å²) in [4.78, 5) is 23.9. The van der Waals surface area contributed by atoms with Gasteiger partial charge in [0.1, 0.15) is 12.4 Å². The second-order valence-electron chi connectivity index (χ2n) is 6.78. The molecule has 132 valence electrons. The van der Waals surface area contributed by atoms with Crippen LogP contribution in [0.15, 0.2) is 48.5 Å². The number of hydrogen-bond donors (Lipinski definition) is 0. The van der Waals surface area contributed by atoms with Crippen LogP contribution in [0.1, 0.15) is 49.2 Å². The van der Waals surface area contributed by atoms with Crippen LogP contribution in [-0.4, -0.2) is 18.4 Å². The quantitative estimate of drug-likeness (QED) is 0.447. The highest BCUT2D eigenvalue weighted by atomic mass is 16.5. The minimum absolute atomic E-state index is 0.176. The predicted octanol–water partition coefficient (Wildman–Crippen LogP) is 4.31. The van der Waals surface area contributed by atoms with Gasteiger partial charge in [-0.25, -0.2) is 4.79 Å². The first-order valence-electron chi connectivity index (χ1n) is 8.35. The standard InChI is InChI=1S/C21H24O4/c1-5-24-20(23)19(22)16-11-12-18(17(13-16)21(2,3)4)25-14-15-9-7-6-8-10-15/h6-13H,5,14H2,1-4H3. The van der Waals surface area contributed by atoms with Crippen molar-refractivity contribution in [2.75, 3.05) is 6.61 Å². The van der Waals surface area contributed by atoms with E-state index in [-0.39, 0.29) is 12.0 Å². The molecule has 0 spiro atoms. The zero-order valence-electron chi connectivity index (χ0n) is 15.2. The van der Waals surface area contributed by atoms with Gasteiger partial charge in [-0.05, 0) is 36.1 Å². The van der Waals surface area contributed by atoms with Crippen molar-refractivity contribution in [1.29, 1.82) is 0 Å². The molecule has 0 aliphatic rings. The van der Waals surface area contributed by atoms with Gasteiger partial charge in [-0.1, -0.05) is 51.1 Å². The number of esters is 1. The molecule has 2 rings (SSSR count). The van der Waals surface area contributed by atoms with Crippen LogP contribution in [0.3, 0.4) is 0 Å². The highest BCUT2D eigenvalue weighted by Crippen LogP contribution is 2.33. The van der Waals surface area contributed by atoms with Crippen molar-refractivity contribution in [1.82, 2.24) is 0 Å². The maximum atomic E-state index is 12.2. The summed E-state index contributed by atoms with van der Waals surface area (Å²) in [6.45, 7) is 8.40. The SMILES string of the molecule is CCOC(=O)C(=O)c1ccc(OCc2ccccc2)c(C(C)(C)C)c1. The van der Waals surface area contributed by atoms with Crippen LogP contribution in [0, 0.1) is 0 Å². The number of ketones is 1. The van der Waals surface area contributed by atoms with Gasteiger partial charge in [-0.15, -0.1) is 0 Å². The third kappa shape index (κ3) is 4.92. The highest BCUT2D eigenvalue weighted by Gasteiger charge is 2.24. The summed E-state index contributed by atoms with van der Waals surface area (Å²) >= 11 is 0. The van der Waals surface area contributed by atoms with Gasteiger partial charge in [0.05, 0.1) is 6.61 Å². The fourth-order valence-electron chi connectivity index (χ4n) is 2.43. The zero-order chi connectivity index (χ0) is 18.4. The van der Waals surface area contributed by atoms with E-state index in [1.165, 1.54) is 0 Å². The summed E-state index contributed by atoms with van der Waals surface area (Å²) in [7, 11) is 0. The molecule has 0 aromatic heterocycles. The number of hydrogen-bond acceptors (Lipinski definition) is 4. The van der Waals surface area contributed by atoms with Crippen molar-refractivity contribution in [2.24, 2.45) is 0 Å². The molecule has 4 nitrogen and oxygen atoms in total. The third-order valence-electron chi connectivity index (χ3n) is 3.75. The van der Waals surface area contributed by atoms with E-state index in [1.54, 1.807) is 25.1 Å². The highest BCUT2D eigenvalue weighted by molar-refractivity contribution is 6.40. The first-order valence-corrected chi connectivity index (χ1v) is 8.35. The number of ether oxygens (including phenoxy) is 2. The third-order valence-corrected chi connectivity index (χ3v) is 3.75. The Hall–Kier alpha value is -2.62. The normalized spacial score (nSPS) is 11.0. The molecular formula is C21H24O4. The van der Waals surface area contributed by atoms with Crippen LogP contribution in [0.2, 0.25) is 0 Å². The molecule has 0 saturated heterocycles. The van der Waals surface area contributed by atoms with Gasteiger partial charge in [0.25, 0.3) is 5.78 Å². The lowest BCUT2D eigenvalue weighted by Crippen LogP contribution is -2.20. The van der Waals surface area contributed by atoms with E-state index in [1.807, 2.05) is 51.1 Å². The maximum absolute atomic E-state index is 12.2. The first-order chi connectivity index (χ1) is 11.8. The van der Waals surface area contributed by atoms with Gasteiger partial charge < -0.3 is 9.47 Å². The number of Topliss-reactive ketones (excluding diaryl/α,β-unsaturated/α-hetero) is 1. The molecule has 0 unspecified atom stereocenters. The van der Waals surface area contributed by atoms with Crippen LogP contribution in [0.4, 0.5) is 0 Å². The molecule has 0 radical (unpaired) electrons. The number of rotatable bonds is 6. The summed E-state index contributed by atoms with van der Waals surface area (Å²) in [5.74, 6) is -0.765. The van der Waals surface area contributed by atoms with E-state index >= 15 is 0 Å². The summed E-state index contributed by atoms with van der Waals surface area (Å²) < 4.78 is 10.8. The maximum Gasteiger partial charge on any atom is 0.379 e. The van der Waals surface area contributed by atoms with E-state index in [4.69, 9.17) is 9.47 Å². The summed E-state index contributed by atoms with van der Waals surface area (Å²) in [5, 5.41) is 0. The molecule has 4 heteroatoms. The van der Waals surface area contributed by atoms with Crippen LogP contribution in [0.5, 0.6) is 5.75 Å². The summed E-state index contributed by atoms with van der Waals surface area (Å²) in [6, 6.07) is 14.9. The van der Waals surface area contributed by atoms with E-state index < -0.39 is 11.8 Å². The molecule has 0 atom stereocenters. The van der Waals surface area contributed by atoms with E-state index in [0.29, 0.717) is 17.9 Å². The molecular weight excluding hydrogens is 316 g/mol. The van der Waals surface area contributed by atoms with Crippen molar-refractivity contribution < 1.29 is 19.1 Å². The lowest BCUT2D eigenvalue weighted by molar-refractivity contribution is -0.137. The van der Waals surface area contributed by atoms with Gasteiger partial charge in [0, 0.05) is 11.1 Å². The van der Waals surface area contributed by atoms with Gasteiger partial charge in [-0.3, -0.25) is 4.79 Å². The number of carbonyl (C=O) groups is 2. The fourth-order valence-corrected chi connectivity index (χ4v) is 2.43. The Kier molecular flexibility index (Phi) is 5.97. The minimum Gasteiger partial charge on any atom is -0.489 e. The molecule has 2 aromatic rings. The number of carbonyl (C=O) groups excluding carboxylic acids is 2. The Labute approximate surface area is 148 Å². The lowest BCUT2D eigenvalue weighted by Gasteiger charge is -2.23. The molecule has 0 heterocycles. The second-order valence-corrected chi connectivity index (χ2v) is 6.78. The molecule has 0 bridgehead atoms. The minimum atomic E-state index is -0.833. The van der Waals surface area contributed by atoms with Crippen molar-refractivity contribution in [2.45, 2.75) is 39.7 Å². The largest absolute Gasteiger partial charge is 0.489 e. The zero-order valence-corrected chi connectivity index (χ0v) is 15.2. The Morgan fingerprint density at radius 3 is 2.28 bits per heavy atom.